The lowest BCUT2D eigenvalue weighted by molar-refractivity contribution is -0.142. The van der Waals surface area contributed by atoms with Crippen molar-refractivity contribution in [3.05, 3.63) is 21.9 Å². The molecule has 0 fully saturated rings. The van der Waals surface area contributed by atoms with E-state index < -0.39 is 11.5 Å². The number of aliphatic carboxylic acids is 1. The van der Waals surface area contributed by atoms with Crippen LogP contribution in [0.5, 0.6) is 0 Å². The SMILES string of the molecule is Cc1ccc([C@](C)(N)C(=O)O)s1. The van der Waals surface area contributed by atoms with Gasteiger partial charge in [-0.1, -0.05) is 0 Å². The van der Waals surface area contributed by atoms with Crippen molar-refractivity contribution in [2.75, 3.05) is 0 Å². The summed E-state index contributed by atoms with van der Waals surface area (Å²) in [6.45, 7) is 3.42. The summed E-state index contributed by atoms with van der Waals surface area (Å²) < 4.78 is 0. The number of aryl methyl sites for hydroxylation is 1. The molecule has 0 aromatic carbocycles. The van der Waals surface area contributed by atoms with Crippen LogP contribution in [0.4, 0.5) is 0 Å². The molecular weight excluding hydrogens is 174 g/mol. The fraction of sp³-hybridized carbons (Fsp3) is 0.375. The molecule has 0 unspecified atom stereocenters. The topological polar surface area (TPSA) is 63.3 Å². The van der Waals surface area contributed by atoms with Crippen LogP contribution in [-0.4, -0.2) is 11.1 Å². The van der Waals surface area contributed by atoms with Crippen molar-refractivity contribution >= 4 is 17.3 Å². The second-order valence-corrected chi connectivity index (χ2v) is 4.21. The van der Waals surface area contributed by atoms with Crippen LogP contribution < -0.4 is 5.73 Å². The largest absolute Gasteiger partial charge is 0.480 e. The molecule has 0 aliphatic carbocycles. The maximum absolute atomic E-state index is 10.7. The maximum atomic E-state index is 10.7. The third kappa shape index (κ3) is 1.49. The number of rotatable bonds is 2. The van der Waals surface area contributed by atoms with Crippen molar-refractivity contribution in [1.29, 1.82) is 0 Å². The summed E-state index contributed by atoms with van der Waals surface area (Å²) in [6, 6.07) is 3.63. The van der Waals surface area contributed by atoms with E-state index in [4.69, 9.17) is 10.8 Å². The molecule has 0 saturated carbocycles. The summed E-state index contributed by atoms with van der Waals surface area (Å²) >= 11 is 1.42. The van der Waals surface area contributed by atoms with E-state index in [2.05, 4.69) is 0 Å². The minimum absolute atomic E-state index is 0.688. The van der Waals surface area contributed by atoms with E-state index in [9.17, 15) is 4.79 Å². The van der Waals surface area contributed by atoms with E-state index in [1.807, 2.05) is 13.0 Å². The number of hydrogen-bond acceptors (Lipinski definition) is 3. The molecule has 1 aromatic heterocycles. The van der Waals surface area contributed by atoms with Crippen molar-refractivity contribution in [3.63, 3.8) is 0 Å². The third-order valence-electron chi connectivity index (χ3n) is 1.70. The van der Waals surface area contributed by atoms with Crippen molar-refractivity contribution < 1.29 is 9.90 Å². The Balaban J connectivity index is 3.05. The molecule has 66 valence electrons. The second kappa shape index (κ2) is 2.88. The van der Waals surface area contributed by atoms with Gasteiger partial charge in [0.05, 0.1) is 0 Å². The first kappa shape index (κ1) is 9.22. The smallest absolute Gasteiger partial charge is 0.328 e. The van der Waals surface area contributed by atoms with Crippen molar-refractivity contribution in [2.45, 2.75) is 19.4 Å². The summed E-state index contributed by atoms with van der Waals surface area (Å²) in [5.74, 6) is -0.996. The van der Waals surface area contributed by atoms with Gasteiger partial charge in [0.2, 0.25) is 0 Å². The van der Waals surface area contributed by atoms with Crippen LogP contribution >= 0.6 is 11.3 Å². The Bertz CT molecular complexity index is 304. The Hall–Kier alpha value is -0.870. The van der Waals surface area contributed by atoms with Gasteiger partial charge in [-0.3, -0.25) is 0 Å². The minimum Gasteiger partial charge on any atom is -0.480 e. The van der Waals surface area contributed by atoms with Crippen LogP contribution in [0, 0.1) is 6.92 Å². The number of carboxylic acid groups (broad SMARTS) is 1. The molecule has 0 aliphatic heterocycles. The van der Waals surface area contributed by atoms with E-state index >= 15 is 0 Å². The first-order chi connectivity index (χ1) is 5.44. The molecule has 0 aliphatic rings. The summed E-state index contributed by atoms with van der Waals surface area (Å²) in [6.07, 6.45) is 0. The lowest BCUT2D eigenvalue weighted by Gasteiger charge is -2.16. The molecule has 0 radical (unpaired) electrons. The number of carboxylic acids is 1. The number of nitrogens with two attached hydrogens (primary N) is 1. The molecule has 0 saturated heterocycles. The molecule has 0 bridgehead atoms. The lowest BCUT2D eigenvalue weighted by Crippen LogP contribution is -2.40. The van der Waals surface area contributed by atoms with Crippen molar-refractivity contribution in [2.24, 2.45) is 5.73 Å². The van der Waals surface area contributed by atoms with Gasteiger partial charge in [-0.05, 0) is 26.0 Å². The molecule has 1 heterocycles. The molecule has 0 spiro atoms. The zero-order chi connectivity index (χ0) is 9.35. The van der Waals surface area contributed by atoms with E-state index in [0.717, 1.165) is 4.88 Å². The average molecular weight is 185 g/mol. The summed E-state index contributed by atoms with van der Waals surface area (Å²) in [5, 5.41) is 8.79. The number of thiophene rings is 1. The minimum atomic E-state index is -1.25. The van der Waals surface area contributed by atoms with Crippen LogP contribution in [0.1, 0.15) is 16.7 Å². The Morgan fingerprint density at radius 2 is 2.25 bits per heavy atom. The summed E-state index contributed by atoms with van der Waals surface area (Å²) in [5.41, 5.74) is 4.35. The van der Waals surface area contributed by atoms with Gasteiger partial charge in [-0.25, -0.2) is 4.79 Å². The normalized spacial score (nSPS) is 15.6. The first-order valence-electron chi connectivity index (χ1n) is 3.54. The second-order valence-electron chi connectivity index (χ2n) is 2.92. The Morgan fingerprint density at radius 3 is 2.58 bits per heavy atom. The number of carbonyl (C=O) groups is 1. The van der Waals surface area contributed by atoms with Gasteiger partial charge >= 0.3 is 5.97 Å². The Labute approximate surface area is 74.8 Å². The Morgan fingerprint density at radius 1 is 1.67 bits per heavy atom. The van der Waals surface area contributed by atoms with Gasteiger partial charge in [-0.15, -0.1) is 11.3 Å². The van der Waals surface area contributed by atoms with Gasteiger partial charge in [0.1, 0.15) is 5.54 Å². The van der Waals surface area contributed by atoms with Gasteiger partial charge in [0.15, 0.2) is 0 Å². The van der Waals surface area contributed by atoms with Crippen LogP contribution in [0.2, 0.25) is 0 Å². The van der Waals surface area contributed by atoms with E-state index in [0.29, 0.717) is 4.88 Å². The van der Waals surface area contributed by atoms with Gasteiger partial charge in [0, 0.05) is 9.75 Å². The zero-order valence-corrected chi connectivity index (χ0v) is 7.81. The maximum Gasteiger partial charge on any atom is 0.328 e. The van der Waals surface area contributed by atoms with Gasteiger partial charge in [0.25, 0.3) is 0 Å². The lowest BCUT2D eigenvalue weighted by atomic mass is 10.0. The quantitative estimate of drug-likeness (QED) is 0.730. The fourth-order valence-electron chi connectivity index (χ4n) is 0.819. The van der Waals surface area contributed by atoms with E-state index in [-0.39, 0.29) is 0 Å². The molecule has 1 aromatic rings. The zero-order valence-electron chi connectivity index (χ0n) is 7.00. The van der Waals surface area contributed by atoms with Gasteiger partial charge < -0.3 is 10.8 Å². The predicted octanol–water partition coefficient (Wildman–Crippen LogP) is 1.32. The summed E-state index contributed by atoms with van der Waals surface area (Å²) in [7, 11) is 0. The molecule has 4 heteroatoms. The average Bonchev–Trinajstić information content (AvgIpc) is 2.35. The van der Waals surface area contributed by atoms with Crippen LogP contribution in [0.25, 0.3) is 0 Å². The third-order valence-corrected chi connectivity index (χ3v) is 2.93. The molecule has 3 nitrogen and oxygen atoms in total. The summed E-state index contributed by atoms with van der Waals surface area (Å²) in [4.78, 5) is 12.5. The molecular formula is C8H11NO2S. The van der Waals surface area contributed by atoms with Crippen LogP contribution in [0.3, 0.4) is 0 Å². The Kier molecular flexibility index (Phi) is 2.21. The molecule has 3 N–H and O–H groups in total. The first-order valence-corrected chi connectivity index (χ1v) is 4.35. The molecule has 1 rings (SSSR count). The predicted molar refractivity (Wildman–Crippen MR) is 48.2 cm³/mol. The monoisotopic (exact) mass is 185 g/mol. The fourth-order valence-corrected chi connectivity index (χ4v) is 1.74. The van der Waals surface area contributed by atoms with Crippen molar-refractivity contribution in [1.82, 2.24) is 0 Å². The highest BCUT2D eigenvalue weighted by Gasteiger charge is 2.31. The standard InChI is InChI=1S/C8H11NO2S/c1-5-3-4-6(12-5)8(2,9)7(10)11/h3-4H,9H2,1-2H3,(H,10,11)/t8-/m0/s1. The van der Waals surface area contributed by atoms with Gasteiger partial charge in [-0.2, -0.15) is 0 Å². The molecule has 12 heavy (non-hydrogen) atoms. The molecule has 0 amide bonds. The van der Waals surface area contributed by atoms with E-state index in [1.54, 1.807) is 6.07 Å². The van der Waals surface area contributed by atoms with Crippen molar-refractivity contribution in [3.8, 4) is 0 Å². The highest BCUT2D eigenvalue weighted by atomic mass is 32.1. The van der Waals surface area contributed by atoms with Crippen LogP contribution in [-0.2, 0) is 10.3 Å². The van der Waals surface area contributed by atoms with Crippen LogP contribution in [0.15, 0.2) is 12.1 Å². The molecule has 1 atom stereocenters. The number of hydrogen-bond donors (Lipinski definition) is 2. The highest BCUT2D eigenvalue weighted by molar-refractivity contribution is 7.12. The highest BCUT2D eigenvalue weighted by Crippen LogP contribution is 2.25. The van der Waals surface area contributed by atoms with E-state index in [1.165, 1.54) is 18.3 Å².